The summed E-state index contributed by atoms with van der Waals surface area (Å²) in [5.74, 6) is 1.00. The van der Waals surface area contributed by atoms with Crippen LogP contribution in [0.2, 0.25) is 0 Å². The smallest absolute Gasteiger partial charge is 0.191 e. The molecule has 0 aromatic rings. The van der Waals surface area contributed by atoms with E-state index in [1.807, 2.05) is 7.05 Å². The van der Waals surface area contributed by atoms with Crippen molar-refractivity contribution >= 4 is 29.9 Å². The van der Waals surface area contributed by atoms with Gasteiger partial charge in [-0.3, -0.25) is 4.99 Å². The van der Waals surface area contributed by atoms with Crippen LogP contribution < -0.4 is 10.6 Å². The number of hydrogen-bond acceptors (Lipinski definition) is 1. The van der Waals surface area contributed by atoms with Crippen LogP contribution >= 0.6 is 24.0 Å². The third kappa shape index (κ3) is 3.32. The van der Waals surface area contributed by atoms with Gasteiger partial charge in [0.15, 0.2) is 5.96 Å². The molecule has 0 aromatic carbocycles. The highest BCUT2D eigenvalue weighted by Gasteiger charge is 2.24. The molecular formula is C9H18IN3. The molecule has 0 atom stereocenters. The first-order chi connectivity index (χ1) is 5.88. The third-order valence-electron chi connectivity index (χ3n) is 2.59. The molecule has 0 unspecified atom stereocenters. The van der Waals surface area contributed by atoms with Gasteiger partial charge in [0.1, 0.15) is 0 Å². The minimum atomic E-state index is 0. The van der Waals surface area contributed by atoms with Gasteiger partial charge in [-0.15, -0.1) is 24.0 Å². The maximum absolute atomic E-state index is 4.18. The fourth-order valence-electron chi connectivity index (χ4n) is 1.34. The number of hydrogen-bond donors (Lipinski definition) is 2. The van der Waals surface area contributed by atoms with E-state index in [1.54, 1.807) is 0 Å². The van der Waals surface area contributed by atoms with Crippen LogP contribution in [0.15, 0.2) is 4.99 Å². The molecule has 2 rings (SSSR count). The van der Waals surface area contributed by atoms with Crippen molar-refractivity contribution in [3.05, 3.63) is 0 Å². The van der Waals surface area contributed by atoms with Crippen molar-refractivity contribution in [2.45, 2.75) is 44.2 Å². The number of rotatable bonds is 2. The van der Waals surface area contributed by atoms with Crippen LogP contribution in [0.4, 0.5) is 0 Å². The third-order valence-corrected chi connectivity index (χ3v) is 2.59. The Labute approximate surface area is 96.8 Å². The summed E-state index contributed by atoms with van der Waals surface area (Å²) in [6.07, 6.45) is 6.62. The van der Waals surface area contributed by atoms with E-state index in [9.17, 15) is 0 Å². The van der Waals surface area contributed by atoms with Gasteiger partial charge in [0, 0.05) is 19.1 Å². The van der Waals surface area contributed by atoms with Crippen molar-refractivity contribution in [1.82, 2.24) is 10.6 Å². The molecule has 2 saturated carbocycles. The fraction of sp³-hybridized carbons (Fsp3) is 0.889. The number of nitrogens with one attached hydrogen (secondary N) is 2. The Bertz CT molecular complexity index is 185. The first-order valence-corrected chi connectivity index (χ1v) is 4.88. The topological polar surface area (TPSA) is 36.4 Å². The predicted octanol–water partition coefficient (Wildman–Crippen LogP) is 1.48. The Kier molecular flexibility index (Phi) is 4.28. The van der Waals surface area contributed by atoms with Crippen molar-refractivity contribution in [3.63, 3.8) is 0 Å². The predicted molar refractivity (Wildman–Crippen MR) is 65.7 cm³/mol. The van der Waals surface area contributed by atoms with Crippen LogP contribution in [-0.2, 0) is 0 Å². The zero-order valence-corrected chi connectivity index (χ0v) is 10.4. The van der Waals surface area contributed by atoms with Gasteiger partial charge < -0.3 is 10.6 Å². The van der Waals surface area contributed by atoms with Crippen molar-refractivity contribution in [2.24, 2.45) is 4.99 Å². The average Bonchev–Trinajstić information content (AvgIpc) is 2.77. The molecular weight excluding hydrogens is 277 g/mol. The maximum atomic E-state index is 4.18. The van der Waals surface area contributed by atoms with Gasteiger partial charge >= 0.3 is 0 Å². The molecule has 13 heavy (non-hydrogen) atoms. The highest BCUT2D eigenvalue weighted by Crippen LogP contribution is 2.20. The quantitative estimate of drug-likeness (QED) is 0.460. The number of halogens is 1. The van der Waals surface area contributed by atoms with Gasteiger partial charge in [0.05, 0.1) is 0 Å². The van der Waals surface area contributed by atoms with Crippen LogP contribution in [0.25, 0.3) is 0 Å². The lowest BCUT2D eigenvalue weighted by atomic mass is 9.93. The zero-order chi connectivity index (χ0) is 8.39. The summed E-state index contributed by atoms with van der Waals surface area (Å²) in [6.45, 7) is 0. The zero-order valence-electron chi connectivity index (χ0n) is 8.05. The molecule has 0 aromatic heterocycles. The van der Waals surface area contributed by atoms with Crippen molar-refractivity contribution in [2.75, 3.05) is 7.05 Å². The second-order valence-electron chi connectivity index (χ2n) is 3.76. The summed E-state index contributed by atoms with van der Waals surface area (Å²) >= 11 is 0. The lowest BCUT2D eigenvalue weighted by Gasteiger charge is -2.28. The van der Waals surface area contributed by atoms with Crippen LogP contribution in [0.1, 0.15) is 32.1 Å². The van der Waals surface area contributed by atoms with Crippen molar-refractivity contribution in [1.29, 1.82) is 0 Å². The number of nitrogens with zero attached hydrogens (tertiary/aromatic N) is 1. The molecule has 2 N–H and O–H groups in total. The Balaban J connectivity index is 0.000000845. The number of guanidine groups is 1. The molecule has 2 fully saturated rings. The fourth-order valence-corrected chi connectivity index (χ4v) is 1.34. The summed E-state index contributed by atoms with van der Waals surface area (Å²) in [5.41, 5.74) is 0. The molecule has 0 saturated heterocycles. The second-order valence-corrected chi connectivity index (χ2v) is 3.76. The van der Waals surface area contributed by atoms with Gasteiger partial charge in [0.2, 0.25) is 0 Å². The van der Waals surface area contributed by atoms with E-state index < -0.39 is 0 Å². The van der Waals surface area contributed by atoms with E-state index in [0.29, 0.717) is 12.1 Å². The van der Waals surface area contributed by atoms with Crippen LogP contribution in [0.3, 0.4) is 0 Å². The van der Waals surface area contributed by atoms with E-state index in [0.717, 1.165) is 5.96 Å². The first-order valence-electron chi connectivity index (χ1n) is 4.88. The standard InChI is InChI=1S/C9H17N3.HI/c1-10-9(12-8-5-6-8)11-7-3-2-4-7;/h7-8H,2-6H2,1H3,(H2,10,11,12);1H. The highest BCUT2D eigenvalue weighted by molar-refractivity contribution is 14.0. The summed E-state index contributed by atoms with van der Waals surface area (Å²) in [4.78, 5) is 4.18. The Morgan fingerprint density at radius 1 is 1.08 bits per heavy atom. The van der Waals surface area contributed by atoms with Crippen LogP contribution in [-0.4, -0.2) is 25.1 Å². The van der Waals surface area contributed by atoms with E-state index in [4.69, 9.17) is 0 Å². The molecule has 0 amide bonds. The Morgan fingerprint density at radius 3 is 1.92 bits per heavy atom. The molecule has 0 bridgehead atoms. The normalized spacial score (nSPS) is 23.0. The molecule has 2 aliphatic carbocycles. The van der Waals surface area contributed by atoms with Crippen molar-refractivity contribution in [3.8, 4) is 0 Å². The van der Waals surface area contributed by atoms with Gasteiger partial charge in [-0.2, -0.15) is 0 Å². The minimum absolute atomic E-state index is 0. The molecule has 2 aliphatic rings. The Hall–Kier alpha value is 0. The first kappa shape index (κ1) is 11.1. The average molecular weight is 295 g/mol. The molecule has 0 aliphatic heterocycles. The van der Waals surface area contributed by atoms with Gasteiger partial charge in [-0.1, -0.05) is 0 Å². The summed E-state index contributed by atoms with van der Waals surface area (Å²) in [7, 11) is 1.84. The highest BCUT2D eigenvalue weighted by atomic mass is 127. The van der Waals surface area contributed by atoms with Crippen molar-refractivity contribution < 1.29 is 0 Å². The lowest BCUT2D eigenvalue weighted by molar-refractivity contribution is 0.379. The molecule has 0 heterocycles. The van der Waals surface area contributed by atoms with Crippen LogP contribution in [0, 0.1) is 0 Å². The van der Waals surface area contributed by atoms with E-state index in [2.05, 4.69) is 15.6 Å². The van der Waals surface area contributed by atoms with E-state index in [1.165, 1.54) is 32.1 Å². The summed E-state index contributed by atoms with van der Waals surface area (Å²) in [6, 6.07) is 1.39. The maximum Gasteiger partial charge on any atom is 0.191 e. The second kappa shape index (κ2) is 5.02. The summed E-state index contributed by atoms with van der Waals surface area (Å²) in [5, 5.41) is 6.79. The largest absolute Gasteiger partial charge is 0.354 e. The van der Waals surface area contributed by atoms with Gasteiger partial charge in [0.25, 0.3) is 0 Å². The van der Waals surface area contributed by atoms with E-state index in [-0.39, 0.29) is 24.0 Å². The molecule has 76 valence electrons. The summed E-state index contributed by atoms with van der Waals surface area (Å²) < 4.78 is 0. The minimum Gasteiger partial charge on any atom is -0.354 e. The monoisotopic (exact) mass is 295 g/mol. The SMILES string of the molecule is CN=C(NC1CCC1)NC1CC1.I. The molecule has 0 spiro atoms. The van der Waals surface area contributed by atoms with Gasteiger partial charge in [-0.05, 0) is 32.1 Å². The van der Waals surface area contributed by atoms with Crippen LogP contribution in [0.5, 0.6) is 0 Å². The molecule has 3 nitrogen and oxygen atoms in total. The van der Waals surface area contributed by atoms with E-state index >= 15 is 0 Å². The molecule has 0 radical (unpaired) electrons. The number of aliphatic imine (C=N–C) groups is 1. The Morgan fingerprint density at radius 2 is 1.62 bits per heavy atom. The van der Waals surface area contributed by atoms with Gasteiger partial charge in [-0.25, -0.2) is 0 Å². The molecule has 4 heteroatoms. The lowest BCUT2D eigenvalue weighted by Crippen LogP contribution is -2.46.